The summed E-state index contributed by atoms with van der Waals surface area (Å²) in [7, 11) is 5.58. The van der Waals surface area contributed by atoms with Gasteiger partial charge in [0.25, 0.3) is 0 Å². The summed E-state index contributed by atoms with van der Waals surface area (Å²) < 4.78 is 19.2. The summed E-state index contributed by atoms with van der Waals surface area (Å²) in [5.41, 5.74) is 1.69. The van der Waals surface area contributed by atoms with E-state index in [1.807, 2.05) is 38.4 Å². The second kappa shape index (κ2) is 7.93. The van der Waals surface area contributed by atoms with Crippen molar-refractivity contribution in [1.29, 1.82) is 0 Å². The van der Waals surface area contributed by atoms with Gasteiger partial charge in [-0.3, -0.25) is 4.79 Å². The predicted molar refractivity (Wildman–Crippen MR) is 94.3 cm³/mol. The van der Waals surface area contributed by atoms with Crippen molar-refractivity contribution in [3.8, 4) is 5.75 Å². The average Bonchev–Trinajstić information content (AvgIpc) is 2.54. The Morgan fingerprint density at radius 1 is 1.25 bits per heavy atom. The van der Waals surface area contributed by atoms with Crippen LogP contribution in [-0.4, -0.2) is 38.4 Å². The van der Waals surface area contributed by atoms with Crippen LogP contribution in [0.2, 0.25) is 0 Å². The number of methoxy groups -OCH3 is 1. The van der Waals surface area contributed by atoms with E-state index in [1.54, 1.807) is 19.2 Å². The molecule has 0 aromatic heterocycles. The quantitative estimate of drug-likeness (QED) is 0.785. The van der Waals surface area contributed by atoms with Gasteiger partial charge in [-0.15, -0.1) is 0 Å². The fraction of sp³-hybridized carbons (Fsp3) is 0.316. The van der Waals surface area contributed by atoms with E-state index in [-0.39, 0.29) is 17.4 Å². The van der Waals surface area contributed by atoms with Crippen LogP contribution in [-0.2, 0) is 0 Å². The molecule has 1 N–H and O–H groups in total. The summed E-state index contributed by atoms with van der Waals surface area (Å²) in [6.07, 6.45) is 0. The lowest BCUT2D eigenvalue weighted by atomic mass is 10.0. The number of rotatable bonds is 7. The number of ketones is 1. The van der Waals surface area contributed by atoms with Crippen LogP contribution in [0, 0.1) is 5.82 Å². The Balaban J connectivity index is 2.24. The van der Waals surface area contributed by atoms with Gasteiger partial charge >= 0.3 is 0 Å². The minimum Gasteiger partial charge on any atom is -0.497 e. The van der Waals surface area contributed by atoms with Gasteiger partial charge in [0.15, 0.2) is 5.78 Å². The molecule has 0 bridgehead atoms. The molecular formula is C19H23FN2O2. The third-order valence-corrected chi connectivity index (χ3v) is 3.95. The maximum absolute atomic E-state index is 13.9. The van der Waals surface area contributed by atoms with Crippen molar-refractivity contribution in [1.82, 2.24) is 4.90 Å². The van der Waals surface area contributed by atoms with Gasteiger partial charge in [-0.05, 0) is 50.8 Å². The second-order valence-corrected chi connectivity index (χ2v) is 5.86. The molecule has 0 radical (unpaired) electrons. The number of carbonyl (C=O) groups is 1. The Labute approximate surface area is 142 Å². The van der Waals surface area contributed by atoms with Crippen LogP contribution in [0.1, 0.15) is 28.9 Å². The number of nitrogens with zero attached hydrogens (tertiary/aromatic N) is 1. The lowest BCUT2D eigenvalue weighted by Crippen LogP contribution is -2.27. The number of carbonyl (C=O) groups excluding carboxylic acids is 1. The summed E-state index contributed by atoms with van der Waals surface area (Å²) >= 11 is 0. The average molecular weight is 330 g/mol. The van der Waals surface area contributed by atoms with Gasteiger partial charge in [-0.25, -0.2) is 4.39 Å². The Morgan fingerprint density at radius 3 is 2.58 bits per heavy atom. The molecule has 2 aromatic rings. The Kier molecular flexibility index (Phi) is 5.93. The number of benzene rings is 2. The molecule has 24 heavy (non-hydrogen) atoms. The third-order valence-electron chi connectivity index (χ3n) is 3.95. The van der Waals surface area contributed by atoms with Gasteiger partial charge in [-0.1, -0.05) is 18.2 Å². The fourth-order valence-corrected chi connectivity index (χ4v) is 2.68. The first-order valence-electron chi connectivity index (χ1n) is 7.77. The van der Waals surface area contributed by atoms with E-state index >= 15 is 0 Å². The number of hydrogen-bond donors (Lipinski definition) is 1. The molecule has 1 atom stereocenters. The maximum atomic E-state index is 13.9. The highest BCUT2D eigenvalue weighted by Crippen LogP contribution is 2.25. The van der Waals surface area contributed by atoms with Crippen molar-refractivity contribution in [3.05, 3.63) is 59.4 Å². The molecule has 0 saturated heterocycles. The van der Waals surface area contributed by atoms with Crippen LogP contribution in [0.25, 0.3) is 0 Å². The lowest BCUT2D eigenvalue weighted by Gasteiger charge is -2.26. The number of halogens is 1. The minimum absolute atomic E-state index is 0.0446. The summed E-state index contributed by atoms with van der Waals surface area (Å²) in [6.45, 7) is 1.90. The summed E-state index contributed by atoms with van der Waals surface area (Å²) in [6, 6.07) is 12.5. The molecule has 0 saturated carbocycles. The minimum atomic E-state index is -0.504. The summed E-state index contributed by atoms with van der Waals surface area (Å²) in [5, 5.41) is 3.21. The van der Waals surface area contributed by atoms with Gasteiger partial charge in [-0.2, -0.15) is 0 Å². The summed E-state index contributed by atoms with van der Waals surface area (Å²) in [5.74, 6) is -0.0109. The van der Waals surface area contributed by atoms with Crippen LogP contribution >= 0.6 is 0 Å². The highest BCUT2D eigenvalue weighted by Gasteiger charge is 2.17. The number of hydrogen-bond acceptors (Lipinski definition) is 4. The topological polar surface area (TPSA) is 41.6 Å². The van der Waals surface area contributed by atoms with Gasteiger partial charge < -0.3 is 15.0 Å². The molecule has 0 spiro atoms. The zero-order valence-corrected chi connectivity index (χ0v) is 14.5. The van der Waals surface area contributed by atoms with Crippen molar-refractivity contribution in [3.63, 3.8) is 0 Å². The first kappa shape index (κ1) is 17.9. The molecule has 2 rings (SSSR count). The Morgan fingerprint density at radius 2 is 1.96 bits per heavy atom. The lowest BCUT2D eigenvalue weighted by molar-refractivity contribution is 0.101. The highest BCUT2D eigenvalue weighted by molar-refractivity contribution is 5.99. The Hall–Kier alpha value is -2.40. The van der Waals surface area contributed by atoms with E-state index in [2.05, 4.69) is 10.2 Å². The van der Waals surface area contributed by atoms with Gasteiger partial charge in [0.1, 0.15) is 11.6 Å². The number of anilines is 1. The molecule has 128 valence electrons. The van der Waals surface area contributed by atoms with Crippen LogP contribution in [0.4, 0.5) is 10.1 Å². The SMILES string of the molecule is COc1cccc(C(CNc2cccc(F)c2C(C)=O)N(C)C)c1. The van der Waals surface area contributed by atoms with E-state index in [9.17, 15) is 9.18 Å². The van der Waals surface area contributed by atoms with Crippen molar-refractivity contribution < 1.29 is 13.9 Å². The van der Waals surface area contributed by atoms with E-state index in [0.29, 0.717) is 12.2 Å². The van der Waals surface area contributed by atoms with E-state index in [4.69, 9.17) is 4.74 Å². The molecular weight excluding hydrogens is 307 g/mol. The summed E-state index contributed by atoms with van der Waals surface area (Å²) in [4.78, 5) is 13.8. The zero-order valence-electron chi connectivity index (χ0n) is 14.5. The number of ether oxygens (including phenoxy) is 1. The molecule has 5 heteroatoms. The highest BCUT2D eigenvalue weighted by atomic mass is 19.1. The first-order valence-corrected chi connectivity index (χ1v) is 7.77. The molecule has 1 unspecified atom stereocenters. The van der Waals surface area contributed by atoms with Crippen LogP contribution in [0.5, 0.6) is 5.75 Å². The van der Waals surface area contributed by atoms with Crippen LogP contribution < -0.4 is 10.1 Å². The molecule has 4 nitrogen and oxygen atoms in total. The van der Waals surface area contributed by atoms with Crippen molar-refractivity contribution in [2.24, 2.45) is 0 Å². The Bertz CT molecular complexity index is 716. The van der Waals surface area contributed by atoms with Gasteiger partial charge in [0.05, 0.1) is 18.7 Å². The van der Waals surface area contributed by atoms with Gasteiger partial charge in [0, 0.05) is 12.2 Å². The standard InChI is InChI=1S/C19H23FN2O2/c1-13(23)19-16(20)9-6-10-17(19)21-12-18(22(2)3)14-7-5-8-15(11-14)24-4/h5-11,18,21H,12H2,1-4H3. The normalized spacial score (nSPS) is 12.1. The van der Waals surface area contributed by atoms with Crippen LogP contribution in [0.3, 0.4) is 0 Å². The molecule has 0 aliphatic rings. The predicted octanol–water partition coefficient (Wildman–Crippen LogP) is 3.75. The number of Topliss-reactive ketones (excluding diaryl/α,β-unsaturated/α-hetero) is 1. The molecule has 0 aliphatic carbocycles. The first-order chi connectivity index (χ1) is 11.4. The zero-order chi connectivity index (χ0) is 17.7. The van der Waals surface area contributed by atoms with E-state index in [1.165, 1.54) is 13.0 Å². The van der Waals surface area contributed by atoms with Crippen molar-refractivity contribution in [2.75, 3.05) is 33.1 Å². The smallest absolute Gasteiger partial charge is 0.164 e. The molecule has 0 fully saturated rings. The molecule has 2 aromatic carbocycles. The fourth-order valence-electron chi connectivity index (χ4n) is 2.68. The maximum Gasteiger partial charge on any atom is 0.164 e. The second-order valence-electron chi connectivity index (χ2n) is 5.86. The third kappa shape index (κ3) is 4.11. The van der Waals surface area contributed by atoms with Crippen molar-refractivity contribution >= 4 is 11.5 Å². The largest absolute Gasteiger partial charge is 0.497 e. The van der Waals surface area contributed by atoms with E-state index in [0.717, 1.165) is 11.3 Å². The van der Waals surface area contributed by atoms with Crippen LogP contribution in [0.15, 0.2) is 42.5 Å². The number of likely N-dealkylation sites (N-methyl/N-ethyl adjacent to an activating group) is 1. The van der Waals surface area contributed by atoms with Gasteiger partial charge in [0.2, 0.25) is 0 Å². The monoisotopic (exact) mass is 330 g/mol. The van der Waals surface area contributed by atoms with E-state index < -0.39 is 5.82 Å². The number of nitrogens with one attached hydrogen (secondary N) is 1. The van der Waals surface area contributed by atoms with Crippen molar-refractivity contribution in [2.45, 2.75) is 13.0 Å². The molecule has 0 heterocycles. The molecule has 0 aliphatic heterocycles. The molecule has 0 amide bonds.